The molecule has 0 bridgehead atoms. The number of benzene rings is 4. The largest absolute Gasteiger partial charge is 0.506 e. The number of hydrogen-bond acceptors (Lipinski definition) is 12. The summed E-state index contributed by atoms with van der Waals surface area (Å²) >= 11 is 2.17. The molecule has 0 atom stereocenters. The fourth-order valence-electron chi connectivity index (χ4n) is 5.04. The van der Waals surface area contributed by atoms with Crippen LogP contribution in [0.1, 0.15) is 0 Å². The number of aromatic hydroxyl groups is 2. The Morgan fingerprint density at radius 2 is 0.583 bits per heavy atom. The smallest absolute Gasteiger partial charge is 0.269 e. The summed E-state index contributed by atoms with van der Waals surface area (Å²) in [5.74, 6) is -0.595. The zero-order chi connectivity index (χ0) is 34.3. The average molecular weight is 683 g/mol. The van der Waals surface area contributed by atoms with Crippen molar-refractivity contribution in [1.29, 1.82) is 0 Å². The van der Waals surface area contributed by atoms with Crippen molar-refractivity contribution in [2.75, 3.05) is 0 Å². The van der Waals surface area contributed by atoms with Gasteiger partial charge in [-0.05, 0) is 70.8 Å². The molecule has 48 heavy (non-hydrogen) atoms. The van der Waals surface area contributed by atoms with Gasteiger partial charge in [0, 0.05) is 69.4 Å². The van der Waals surface area contributed by atoms with Crippen LogP contribution in [0.15, 0.2) is 97.1 Å². The lowest BCUT2D eigenvalue weighted by atomic mass is 9.96. The van der Waals surface area contributed by atoms with Gasteiger partial charge >= 0.3 is 0 Å². The molecule has 14 nitrogen and oxygen atoms in total. The molecule has 0 radical (unpaired) electrons. The highest BCUT2D eigenvalue weighted by molar-refractivity contribution is 7.21. The number of thiophene rings is 2. The summed E-state index contributed by atoms with van der Waals surface area (Å²) in [4.78, 5) is 44.4. The van der Waals surface area contributed by atoms with Gasteiger partial charge in [-0.25, -0.2) is 0 Å². The first-order valence-electron chi connectivity index (χ1n) is 13.7. The van der Waals surface area contributed by atoms with Crippen LogP contribution in [0.2, 0.25) is 0 Å². The highest BCUT2D eigenvalue weighted by Gasteiger charge is 2.30. The van der Waals surface area contributed by atoms with Gasteiger partial charge in [-0.1, -0.05) is 0 Å². The van der Waals surface area contributed by atoms with E-state index in [4.69, 9.17) is 0 Å². The molecule has 6 aromatic rings. The van der Waals surface area contributed by atoms with Crippen LogP contribution in [-0.2, 0) is 0 Å². The van der Waals surface area contributed by atoms with E-state index < -0.39 is 19.7 Å². The summed E-state index contributed by atoms with van der Waals surface area (Å²) in [5.41, 5.74) is 1.30. The van der Waals surface area contributed by atoms with Crippen molar-refractivity contribution >= 4 is 45.4 Å². The number of nitro benzene ring substituents is 4. The summed E-state index contributed by atoms with van der Waals surface area (Å²) in [6.45, 7) is 0. The van der Waals surface area contributed by atoms with Gasteiger partial charge < -0.3 is 10.2 Å². The molecule has 16 heteroatoms. The Bertz CT molecular complexity index is 2080. The number of nitrogens with zero attached hydrogens (tertiary/aromatic N) is 4. The van der Waals surface area contributed by atoms with Crippen molar-refractivity contribution in [2.24, 2.45) is 0 Å². The van der Waals surface area contributed by atoms with Crippen LogP contribution >= 0.6 is 22.7 Å². The fourth-order valence-corrected chi connectivity index (χ4v) is 7.47. The molecule has 2 aromatic heterocycles. The van der Waals surface area contributed by atoms with E-state index in [9.17, 15) is 50.7 Å². The van der Waals surface area contributed by atoms with Crippen molar-refractivity contribution in [1.82, 2.24) is 0 Å². The standard InChI is InChI=1S/C32H18N4O10S2/c37-27-25(29(17-1-9-21(10-2-17)33(39)40)47-31(27)19-5-13-23(14-6-19)35(43)44)26-28(38)32(20-7-15-24(16-8-20)36(45)46)48-30(26)18-3-11-22(12-4-18)34(41)42/h1-16,37-38H. The number of non-ortho nitro benzene ring substituents is 4. The van der Waals surface area contributed by atoms with Gasteiger partial charge in [-0.15, -0.1) is 22.7 Å². The quantitative estimate of drug-likeness (QED) is 0.109. The lowest BCUT2D eigenvalue weighted by molar-refractivity contribution is -0.385. The Labute approximate surface area is 276 Å². The summed E-state index contributed by atoms with van der Waals surface area (Å²) in [6.07, 6.45) is 0. The fraction of sp³-hybridized carbons (Fsp3) is 0. The van der Waals surface area contributed by atoms with E-state index in [1.54, 1.807) is 0 Å². The third kappa shape index (κ3) is 5.68. The maximum absolute atomic E-state index is 11.9. The third-order valence-corrected chi connectivity index (χ3v) is 9.93. The van der Waals surface area contributed by atoms with E-state index in [1.165, 1.54) is 97.1 Å². The van der Waals surface area contributed by atoms with Gasteiger partial charge in [0.1, 0.15) is 11.5 Å². The lowest BCUT2D eigenvalue weighted by Gasteiger charge is -2.09. The Morgan fingerprint density at radius 3 is 0.792 bits per heavy atom. The van der Waals surface area contributed by atoms with Crippen LogP contribution in [0.5, 0.6) is 11.5 Å². The first-order valence-corrected chi connectivity index (χ1v) is 15.3. The van der Waals surface area contributed by atoms with E-state index >= 15 is 0 Å². The molecule has 0 fully saturated rings. The molecule has 238 valence electrons. The molecule has 0 aliphatic carbocycles. The number of hydrogen-bond donors (Lipinski definition) is 2. The molecule has 2 N–H and O–H groups in total. The SMILES string of the molecule is O=[N+]([O-])c1ccc(-c2sc(-c3ccc([N+](=O)[O-])cc3)c(-c3c(-c4ccc([N+](=O)[O-])cc4)sc(-c4ccc([N+](=O)[O-])cc4)c3O)c2O)cc1. The third-order valence-electron chi connectivity index (χ3n) is 7.38. The summed E-state index contributed by atoms with van der Waals surface area (Å²) < 4.78 is 0. The maximum atomic E-state index is 11.9. The minimum atomic E-state index is -0.564. The summed E-state index contributed by atoms with van der Waals surface area (Å²) in [6, 6.07) is 22.0. The second kappa shape index (κ2) is 12.3. The van der Waals surface area contributed by atoms with Crippen LogP contribution in [0.25, 0.3) is 52.9 Å². The van der Waals surface area contributed by atoms with Crippen molar-refractivity contribution in [3.8, 4) is 64.4 Å². The van der Waals surface area contributed by atoms with Gasteiger partial charge in [-0.2, -0.15) is 0 Å². The molecule has 0 spiro atoms. The van der Waals surface area contributed by atoms with Gasteiger partial charge in [0.2, 0.25) is 0 Å². The lowest BCUT2D eigenvalue weighted by Crippen LogP contribution is -1.88. The molecule has 6 rings (SSSR count). The topological polar surface area (TPSA) is 213 Å². The van der Waals surface area contributed by atoms with Crippen LogP contribution in [0.4, 0.5) is 22.7 Å². The normalized spacial score (nSPS) is 10.9. The Morgan fingerprint density at radius 1 is 0.375 bits per heavy atom. The summed E-state index contributed by atoms with van der Waals surface area (Å²) in [5, 5.41) is 69.1. The monoisotopic (exact) mass is 682 g/mol. The molecular weight excluding hydrogens is 665 g/mol. The average Bonchev–Trinajstić information content (AvgIpc) is 3.60. The van der Waals surface area contributed by atoms with Gasteiger partial charge in [0.25, 0.3) is 22.7 Å². The van der Waals surface area contributed by atoms with E-state index in [-0.39, 0.29) is 55.1 Å². The van der Waals surface area contributed by atoms with E-state index in [2.05, 4.69) is 0 Å². The Kier molecular flexibility index (Phi) is 8.09. The molecule has 0 saturated heterocycles. The van der Waals surface area contributed by atoms with Crippen LogP contribution in [-0.4, -0.2) is 29.9 Å². The molecule has 0 aliphatic rings. The van der Waals surface area contributed by atoms with Crippen molar-refractivity contribution in [3.63, 3.8) is 0 Å². The molecule has 0 saturated carbocycles. The van der Waals surface area contributed by atoms with Crippen molar-refractivity contribution < 1.29 is 29.9 Å². The first-order chi connectivity index (χ1) is 22.9. The molecule has 0 aliphatic heterocycles. The molecular formula is C32H18N4O10S2. The highest BCUT2D eigenvalue weighted by atomic mass is 32.1. The molecule has 2 heterocycles. The predicted molar refractivity (Wildman–Crippen MR) is 179 cm³/mol. The zero-order valence-corrected chi connectivity index (χ0v) is 25.6. The molecule has 0 amide bonds. The highest BCUT2D eigenvalue weighted by Crippen LogP contribution is 2.60. The van der Waals surface area contributed by atoms with Gasteiger partial charge in [-0.3, -0.25) is 40.5 Å². The Hall–Kier alpha value is -6.52. The minimum absolute atomic E-state index is 0.137. The zero-order valence-electron chi connectivity index (χ0n) is 24.0. The number of nitro groups is 4. The van der Waals surface area contributed by atoms with E-state index in [0.29, 0.717) is 32.0 Å². The molecule has 0 unspecified atom stereocenters. The van der Waals surface area contributed by atoms with Gasteiger partial charge in [0.05, 0.1) is 29.4 Å². The van der Waals surface area contributed by atoms with Gasteiger partial charge in [0.15, 0.2) is 0 Å². The second-order valence-electron chi connectivity index (χ2n) is 10.2. The second-order valence-corrected chi connectivity index (χ2v) is 12.2. The predicted octanol–water partition coefficient (Wildman–Crippen LogP) is 9.19. The van der Waals surface area contributed by atoms with Crippen LogP contribution in [0, 0.1) is 40.5 Å². The number of rotatable bonds is 9. The molecule has 4 aromatic carbocycles. The van der Waals surface area contributed by atoms with Crippen LogP contribution < -0.4 is 0 Å². The minimum Gasteiger partial charge on any atom is -0.506 e. The van der Waals surface area contributed by atoms with Crippen LogP contribution in [0.3, 0.4) is 0 Å². The van der Waals surface area contributed by atoms with E-state index in [0.717, 1.165) is 22.7 Å². The van der Waals surface area contributed by atoms with E-state index in [1.807, 2.05) is 0 Å². The first kappa shape index (κ1) is 31.5. The van der Waals surface area contributed by atoms with Crippen molar-refractivity contribution in [3.05, 3.63) is 138 Å². The Balaban J connectivity index is 1.64. The maximum Gasteiger partial charge on any atom is 0.269 e. The van der Waals surface area contributed by atoms with Crippen molar-refractivity contribution in [2.45, 2.75) is 0 Å². The summed E-state index contributed by atoms with van der Waals surface area (Å²) in [7, 11) is 0.